The van der Waals surface area contributed by atoms with E-state index in [4.69, 9.17) is 4.74 Å². The van der Waals surface area contributed by atoms with E-state index in [1.54, 1.807) is 0 Å². The largest absolute Gasteiger partial charge is 0.489 e. The number of anilines is 2. The van der Waals surface area contributed by atoms with Gasteiger partial charge in [0.05, 0.1) is 6.54 Å². The van der Waals surface area contributed by atoms with Crippen molar-refractivity contribution in [3.63, 3.8) is 0 Å². The first-order valence-corrected chi connectivity index (χ1v) is 8.49. The normalized spacial score (nSPS) is 10.2. The van der Waals surface area contributed by atoms with Crippen molar-refractivity contribution in [2.24, 2.45) is 0 Å². The van der Waals surface area contributed by atoms with Crippen molar-refractivity contribution in [3.8, 4) is 5.75 Å². The fourth-order valence-electron chi connectivity index (χ4n) is 2.52. The molecule has 0 aliphatic carbocycles. The Bertz CT molecular complexity index is 753. The van der Waals surface area contributed by atoms with Crippen LogP contribution >= 0.6 is 0 Å². The van der Waals surface area contributed by atoms with Crippen LogP contribution in [-0.4, -0.2) is 19.1 Å². The van der Waals surface area contributed by atoms with Crippen LogP contribution in [0.3, 0.4) is 0 Å². The van der Waals surface area contributed by atoms with Crippen molar-refractivity contribution in [2.75, 3.05) is 23.8 Å². The molecule has 1 amide bonds. The van der Waals surface area contributed by atoms with Gasteiger partial charge in [0.1, 0.15) is 12.4 Å². The van der Waals surface area contributed by atoms with E-state index in [-0.39, 0.29) is 12.5 Å². The maximum Gasteiger partial charge on any atom is 0.243 e. The number of ether oxygens (including phenoxy) is 1. The minimum absolute atomic E-state index is 0.0950. The Hall–Kier alpha value is -2.75. The van der Waals surface area contributed by atoms with Gasteiger partial charge in [-0.05, 0) is 49.1 Å². The standard InChI is InChI=1S/C21H26N2O2/c1-5-17-9-6-8-16(4)21(17)22-13-20(24)23-18-10-7-11-19(12-18)25-14-15(2)3/h6-12,22H,2,5,13-14H2,1,3-4H3,(H,23,24). The van der Waals surface area contributed by atoms with Gasteiger partial charge in [0.2, 0.25) is 5.91 Å². The van der Waals surface area contributed by atoms with E-state index in [2.05, 4.69) is 30.2 Å². The predicted molar refractivity (Wildman–Crippen MR) is 104 cm³/mol. The van der Waals surface area contributed by atoms with Crippen LogP contribution < -0.4 is 15.4 Å². The molecule has 2 N–H and O–H groups in total. The van der Waals surface area contributed by atoms with E-state index in [0.717, 1.165) is 23.2 Å². The van der Waals surface area contributed by atoms with E-state index >= 15 is 0 Å². The second-order valence-electron chi connectivity index (χ2n) is 6.14. The van der Waals surface area contributed by atoms with Crippen molar-refractivity contribution < 1.29 is 9.53 Å². The highest BCUT2D eigenvalue weighted by molar-refractivity contribution is 5.94. The summed E-state index contributed by atoms with van der Waals surface area (Å²) in [5.41, 5.74) is 5.05. The zero-order valence-corrected chi connectivity index (χ0v) is 15.2. The molecule has 0 aliphatic heterocycles. The van der Waals surface area contributed by atoms with Gasteiger partial charge in [-0.1, -0.05) is 37.8 Å². The molecule has 0 atom stereocenters. The first-order valence-electron chi connectivity index (χ1n) is 8.49. The lowest BCUT2D eigenvalue weighted by Gasteiger charge is -2.14. The van der Waals surface area contributed by atoms with Crippen molar-refractivity contribution in [3.05, 3.63) is 65.7 Å². The first-order chi connectivity index (χ1) is 12.0. The topological polar surface area (TPSA) is 50.4 Å². The molecule has 2 aromatic carbocycles. The van der Waals surface area contributed by atoms with Crippen LogP contribution in [0.4, 0.5) is 11.4 Å². The average molecular weight is 338 g/mol. The minimum atomic E-state index is -0.0950. The molecule has 132 valence electrons. The summed E-state index contributed by atoms with van der Waals surface area (Å²) in [6, 6.07) is 13.5. The Morgan fingerprint density at radius 3 is 2.68 bits per heavy atom. The van der Waals surface area contributed by atoms with Crippen molar-refractivity contribution >= 4 is 17.3 Å². The maximum atomic E-state index is 12.2. The number of hydrogen-bond donors (Lipinski definition) is 2. The summed E-state index contributed by atoms with van der Waals surface area (Å²) >= 11 is 0. The molecular formula is C21H26N2O2. The molecule has 0 radical (unpaired) electrons. The smallest absolute Gasteiger partial charge is 0.243 e. The fraction of sp³-hybridized carbons (Fsp3) is 0.286. The van der Waals surface area contributed by atoms with Crippen LogP contribution in [0.25, 0.3) is 0 Å². The summed E-state index contributed by atoms with van der Waals surface area (Å²) in [6.07, 6.45) is 0.924. The van der Waals surface area contributed by atoms with Crippen molar-refractivity contribution in [1.29, 1.82) is 0 Å². The number of benzene rings is 2. The molecule has 0 aliphatic rings. The highest BCUT2D eigenvalue weighted by Gasteiger charge is 2.07. The molecular weight excluding hydrogens is 312 g/mol. The fourth-order valence-corrected chi connectivity index (χ4v) is 2.52. The molecule has 4 nitrogen and oxygen atoms in total. The van der Waals surface area contributed by atoms with Gasteiger partial charge in [-0.15, -0.1) is 0 Å². The van der Waals surface area contributed by atoms with E-state index in [0.29, 0.717) is 18.0 Å². The van der Waals surface area contributed by atoms with Crippen LogP contribution in [0, 0.1) is 6.92 Å². The Morgan fingerprint density at radius 2 is 1.96 bits per heavy atom. The third kappa shape index (κ3) is 5.68. The molecule has 0 aromatic heterocycles. The van der Waals surface area contributed by atoms with E-state index in [1.165, 1.54) is 5.56 Å². The zero-order valence-electron chi connectivity index (χ0n) is 15.2. The minimum Gasteiger partial charge on any atom is -0.489 e. The van der Waals surface area contributed by atoms with E-state index in [9.17, 15) is 4.79 Å². The maximum absolute atomic E-state index is 12.2. The van der Waals surface area contributed by atoms with Gasteiger partial charge in [-0.25, -0.2) is 0 Å². The lowest BCUT2D eigenvalue weighted by molar-refractivity contribution is -0.114. The Morgan fingerprint density at radius 1 is 1.20 bits per heavy atom. The number of hydrogen-bond acceptors (Lipinski definition) is 3. The van der Waals surface area contributed by atoms with Crippen molar-refractivity contribution in [1.82, 2.24) is 0 Å². The van der Waals surface area contributed by atoms with Crippen molar-refractivity contribution in [2.45, 2.75) is 27.2 Å². The summed E-state index contributed by atoms with van der Waals surface area (Å²) in [5, 5.41) is 6.15. The molecule has 2 aromatic rings. The highest BCUT2D eigenvalue weighted by atomic mass is 16.5. The number of nitrogens with one attached hydrogen (secondary N) is 2. The average Bonchev–Trinajstić information content (AvgIpc) is 2.59. The molecule has 0 saturated heterocycles. The SMILES string of the molecule is C=C(C)COc1cccc(NC(=O)CNc2c(C)cccc2CC)c1. The second-order valence-corrected chi connectivity index (χ2v) is 6.14. The van der Waals surface area contributed by atoms with E-state index < -0.39 is 0 Å². The number of carbonyl (C=O) groups is 1. The van der Waals surface area contributed by atoms with Gasteiger partial charge < -0.3 is 15.4 Å². The van der Waals surface area contributed by atoms with Gasteiger partial charge >= 0.3 is 0 Å². The quantitative estimate of drug-likeness (QED) is 0.694. The summed E-state index contributed by atoms with van der Waals surface area (Å²) in [7, 11) is 0. The zero-order chi connectivity index (χ0) is 18.2. The molecule has 25 heavy (non-hydrogen) atoms. The molecule has 0 heterocycles. The van der Waals surface area contributed by atoms with E-state index in [1.807, 2.05) is 50.2 Å². The first kappa shape index (κ1) is 18.6. The third-order valence-corrected chi connectivity index (χ3v) is 3.77. The van der Waals surface area contributed by atoms with Crippen LogP contribution in [0.2, 0.25) is 0 Å². The number of carbonyl (C=O) groups excluding carboxylic acids is 1. The lowest BCUT2D eigenvalue weighted by atomic mass is 10.1. The van der Waals surface area contributed by atoms with Crippen LogP contribution in [0.1, 0.15) is 25.0 Å². The Kier molecular flexibility index (Phi) is 6.63. The Balaban J connectivity index is 1.95. The van der Waals surface area contributed by atoms with Crippen LogP contribution in [0.15, 0.2) is 54.6 Å². The molecule has 0 spiro atoms. The van der Waals surface area contributed by atoms with Gasteiger partial charge in [-0.2, -0.15) is 0 Å². The molecule has 0 unspecified atom stereocenters. The molecule has 0 bridgehead atoms. The van der Waals surface area contributed by atoms with Gasteiger partial charge in [-0.3, -0.25) is 4.79 Å². The van der Waals surface area contributed by atoms with Gasteiger partial charge in [0.15, 0.2) is 0 Å². The predicted octanol–water partition coefficient (Wildman–Crippen LogP) is 4.56. The number of para-hydroxylation sites is 1. The molecule has 4 heteroatoms. The highest BCUT2D eigenvalue weighted by Crippen LogP contribution is 2.21. The summed E-state index contributed by atoms with van der Waals surface area (Å²) < 4.78 is 5.60. The number of aryl methyl sites for hydroxylation is 2. The monoisotopic (exact) mass is 338 g/mol. The summed E-state index contributed by atoms with van der Waals surface area (Å²) in [6.45, 7) is 10.6. The van der Waals surface area contributed by atoms with Crippen LogP contribution in [0.5, 0.6) is 5.75 Å². The molecule has 0 saturated carbocycles. The number of rotatable bonds is 8. The van der Waals surface area contributed by atoms with Gasteiger partial charge in [0, 0.05) is 17.4 Å². The number of amides is 1. The molecule has 0 fully saturated rings. The van der Waals surface area contributed by atoms with Gasteiger partial charge in [0.25, 0.3) is 0 Å². The summed E-state index contributed by atoms with van der Waals surface area (Å²) in [4.78, 5) is 12.2. The van der Waals surface area contributed by atoms with Crippen LogP contribution in [-0.2, 0) is 11.2 Å². The Labute approximate surface area is 149 Å². The molecule has 2 rings (SSSR count). The lowest BCUT2D eigenvalue weighted by Crippen LogP contribution is -2.22. The third-order valence-electron chi connectivity index (χ3n) is 3.77. The summed E-state index contributed by atoms with van der Waals surface area (Å²) in [5.74, 6) is 0.614. The second kappa shape index (κ2) is 8.92.